The molecule has 2 nitrogen and oxygen atoms in total. The zero-order chi connectivity index (χ0) is 14.8. The maximum absolute atomic E-state index is 12.6. The molecule has 104 valence electrons. The molecule has 0 radical (unpaired) electrons. The van der Waals surface area contributed by atoms with E-state index in [1.165, 1.54) is 30.5 Å². The topological polar surface area (TPSA) is 30.0 Å². The summed E-state index contributed by atoms with van der Waals surface area (Å²) in [7, 11) is 0. The van der Waals surface area contributed by atoms with E-state index in [4.69, 9.17) is 0 Å². The van der Waals surface area contributed by atoms with Gasteiger partial charge in [0.2, 0.25) is 0 Å². The maximum Gasteiger partial charge on any atom is 0.416 e. The summed E-state index contributed by atoms with van der Waals surface area (Å²) in [5.41, 5.74) is -0.0132. The van der Waals surface area contributed by atoms with Gasteiger partial charge in [-0.05, 0) is 39.7 Å². The van der Waals surface area contributed by atoms with Crippen LogP contribution in [-0.4, -0.2) is 10.8 Å². The van der Waals surface area contributed by atoms with Crippen molar-refractivity contribution in [3.8, 4) is 0 Å². The first-order valence-electron chi connectivity index (χ1n) is 5.67. The van der Waals surface area contributed by atoms with Gasteiger partial charge in [0.1, 0.15) is 4.60 Å². The number of carbonyl (C=O) groups excluding carboxylic acids is 1. The minimum absolute atomic E-state index is 0.0830. The molecule has 2 rings (SSSR count). The maximum atomic E-state index is 12.6. The van der Waals surface area contributed by atoms with E-state index in [-0.39, 0.29) is 12.2 Å². The first kappa shape index (κ1) is 14.7. The highest BCUT2D eigenvalue weighted by Crippen LogP contribution is 2.29. The molecule has 0 aliphatic carbocycles. The molecular weight excluding hydrogens is 335 g/mol. The quantitative estimate of drug-likeness (QED) is 0.614. The molecule has 0 amide bonds. The third kappa shape index (κ3) is 3.66. The fourth-order valence-corrected chi connectivity index (χ4v) is 2.09. The Balaban J connectivity index is 2.20. The van der Waals surface area contributed by atoms with Crippen LogP contribution in [0.2, 0.25) is 0 Å². The molecule has 0 aliphatic rings. The highest BCUT2D eigenvalue weighted by atomic mass is 79.9. The van der Waals surface area contributed by atoms with Crippen LogP contribution in [0.1, 0.15) is 21.5 Å². The van der Waals surface area contributed by atoms with Crippen LogP contribution in [0.3, 0.4) is 0 Å². The van der Waals surface area contributed by atoms with E-state index in [0.29, 0.717) is 15.7 Å². The SMILES string of the molecule is O=C(Cc1cccc(C(F)(F)F)c1)c1ccnc(Br)c1. The van der Waals surface area contributed by atoms with Crippen molar-refractivity contribution < 1.29 is 18.0 Å². The van der Waals surface area contributed by atoms with Gasteiger partial charge < -0.3 is 0 Å². The Morgan fingerprint density at radius 3 is 2.60 bits per heavy atom. The Morgan fingerprint density at radius 1 is 1.20 bits per heavy atom. The molecule has 1 aromatic heterocycles. The standard InChI is InChI=1S/C14H9BrF3NO/c15-13-8-10(4-5-19-13)12(20)7-9-2-1-3-11(6-9)14(16,17)18/h1-6,8H,7H2. The Hall–Kier alpha value is -1.69. The number of Topliss-reactive ketones (excluding diaryl/α,β-unsaturated/α-hetero) is 1. The Labute approximate surface area is 121 Å². The lowest BCUT2D eigenvalue weighted by molar-refractivity contribution is -0.137. The van der Waals surface area contributed by atoms with Crippen molar-refractivity contribution in [1.29, 1.82) is 0 Å². The Morgan fingerprint density at radius 2 is 1.95 bits per heavy atom. The van der Waals surface area contributed by atoms with Crippen LogP contribution in [0.25, 0.3) is 0 Å². The Kier molecular flexibility index (Phi) is 4.23. The number of halogens is 4. The zero-order valence-electron chi connectivity index (χ0n) is 10.1. The van der Waals surface area contributed by atoms with E-state index in [1.807, 2.05) is 0 Å². The van der Waals surface area contributed by atoms with E-state index in [9.17, 15) is 18.0 Å². The lowest BCUT2D eigenvalue weighted by Crippen LogP contribution is -2.08. The monoisotopic (exact) mass is 343 g/mol. The number of hydrogen-bond acceptors (Lipinski definition) is 2. The second-order valence-corrected chi connectivity index (χ2v) is 4.98. The van der Waals surface area contributed by atoms with Crippen LogP contribution in [0, 0.1) is 0 Å². The predicted molar refractivity (Wildman–Crippen MR) is 71.4 cm³/mol. The van der Waals surface area contributed by atoms with Crippen molar-refractivity contribution in [3.05, 3.63) is 63.9 Å². The van der Waals surface area contributed by atoms with E-state index in [2.05, 4.69) is 20.9 Å². The lowest BCUT2D eigenvalue weighted by atomic mass is 10.0. The summed E-state index contributed by atoms with van der Waals surface area (Å²) in [6.45, 7) is 0. The molecule has 0 bridgehead atoms. The summed E-state index contributed by atoms with van der Waals surface area (Å²) >= 11 is 3.14. The summed E-state index contributed by atoms with van der Waals surface area (Å²) in [5, 5.41) is 0. The third-order valence-electron chi connectivity index (χ3n) is 2.67. The fraction of sp³-hybridized carbons (Fsp3) is 0.143. The van der Waals surface area contributed by atoms with Crippen molar-refractivity contribution in [1.82, 2.24) is 4.98 Å². The number of aromatic nitrogens is 1. The molecule has 0 atom stereocenters. The number of rotatable bonds is 3. The van der Waals surface area contributed by atoms with Crippen LogP contribution < -0.4 is 0 Å². The first-order chi connectivity index (χ1) is 9.36. The molecular formula is C14H9BrF3NO. The molecule has 0 unspecified atom stereocenters. The van der Waals surface area contributed by atoms with Crippen molar-refractivity contribution in [3.63, 3.8) is 0 Å². The average Bonchev–Trinajstić information content (AvgIpc) is 2.38. The van der Waals surface area contributed by atoms with Crippen LogP contribution >= 0.6 is 15.9 Å². The van der Waals surface area contributed by atoms with Gasteiger partial charge in [-0.1, -0.05) is 18.2 Å². The van der Waals surface area contributed by atoms with Crippen LogP contribution in [0.15, 0.2) is 47.2 Å². The van der Waals surface area contributed by atoms with Gasteiger partial charge in [0, 0.05) is 18.2 Å². The van der Waals surface area contributed by atoms with Crippen LogP contribution in [-0.2, 0) is 12.6 Å². The van der Waals surface area contributed by atoms with E-state index in [1.54, 1.807) is 0 Å². The van der Waals surface area contributed by atoms with Crippen molar-refractivity contribution in [2.45, 2.75) is 12.6 Å². The van der Waals surface area contributed by atoms with Gasteiger partial charge in [0.05, 0.1) is 5.56 Å². The summed E-state index contributed by atoms with van der Waals surface area (Å²) in [4.78, 5) is 15.9. The van der Waals surface area contributed by atoms with Gasteiger partial charge in [-0.2, -0.15) is 13.2 Å². The summed E-state index contributed by atoms with van der Waals surface area (Å²) in [5.74, 6) is -0.257. The molecule has 1 heterocycles. The molecule has 0 fully saturated rings. The van der Waals surface area contributed by atoms with Crippen molar-refractivity contribution >= 4 is 21.7 Å². The molecule has 0 saturated heterocycles. The molecule has 0 aliphatic heterocycles. The molecule has 0 spiro atoms. The molecule has 20 heavy (non-hydrogen) atoms. The minimum atomic E-state index is -4.40. The normalized spacial score (nSPS) is 11.4. The smallest absolute Gasteiger partial charge is 0.294 e. The summed E-state index contributed by atoms with van der Waals surface area (Å²) in [6, 6.07) is 7.85. The van der Waals surface area contributed by atoms with E-state index in [0.717, 1.165) is 12.1 Å². The summed E-state index contributed by atoms with van der Waals surface area (Å²) in [6.07, 6.45) is -3.03. The van der Waals surface area contributed by atoms with Crippen LogP contribution in [0.5, 0.6) is 0 Å². The van der Waals surface area contributed by atoms with E-state index >= 15 is 0 Å². The number of alkyl halides is 3. The molecule has 0 N–H and O–H groups in total. The van der Waals surface area contributed by atoms with Gasteiger partial charge in [-0.15, -0.1) is 0 Å². The molecule has 0 saturated carbocycles. The van der Waals surface area contributed by atoms with Gasteiger partial charge in [0.15, 0.2) is 5.78 Å². The third-order valence-corrected chi connectivity index (χ3v) is 3.10. The van der Waals surface area contributed by atoms with Gasteiger partial charge in [0.25, 0.3) is 0 Å². The number of hydrogen-bond donors (Lipinski definition) is 0. The van der Waals surface area contributed by atoms with E-state index < -0.39 is 11.7 Å². The lowest BCUT2D eigenvalue weighted by Gasteiger charge is -2.08. The van der Waals surface area contributed by atoms with Gasteiger partial charge in [-0.3, -0.25) is 4.79 Å². The predicted octanol–water partition coefficient (Wildman–Crippen LogP) is 4.29. The Bertz CT molecular complexity index is 640. The van der Waals surface area contributed by atoms with Gasteiger partial charge >= 0.3 is 6.18 Å². The highest BCUT2D eigenvalue weighted by Gasteiger charge is 2.30. The largest absolute Gasteiger partial charge is 0.416 e. The number of nitrogens with zero attached hydrogens (tertiary/aromatic N) is 1. The van der Waals surface area contributed by atoms with Crippen molar-refractivity contribution in [2.24, 2.45) is 0 Å². The molecule has 1 aromatic carbocycles. The minimum Gasteiger partial charge on any atom is -0.294 e. The fourth-order valence-electron chi connectivity index (χ4n) is 1.72. The molecule has 2 aromatic rings. The zero-order valence-corrected chi connectivity index (χ0v) is 11.7. The second kappa shape index (κ2) is 5.75. The average molecular weight is 344 g/mol. The number of carbonyl (C=O) groups is 1. The second-order valence-electron chi connectivity index (χ2n) is 4.17. The van der Waals surface area contributed by atoms with Crippen molar-refractivity contribution in [2.75, 3.05) is 0 Å². The summed E-state index contributed by atoms with van der Waals surface area (Å²) < 4.78 is 38.3. The highest BCUT2D eigenvalue weighted by molar-refractivity contribution is 9.10. The number of benzene rings is 1. The van der Waals surface area contributed by atoms with Gasteiger partial charge in [-0.25, -0.2) is 4.98 Å². The molecule has 6 heteroatoms. The van der Waals surface area contributed by atoms with Crippen LogP contribution in [0.4, 0.5) is 13.2 Å². The first-order valence-corrected chi connectivity index (χ1v) is 6.46. The number of pyridine rings is 1. The number of ketones is 1.